The highest BCUT2D eigenvalue weighted by molar-refractivity contribution is 5.37. The summed E-state index contributed by atoms with van der Waals surface area (Å²) < 4.78 is 2.09. The van der Waals surface area contributed by atoms with Crippen LogP contribution in [0.3, 0.4) is 0 Å². The Kier molecular flexibility index (Phi) is 1.26. The Hall–Kier alpha value is -1.36. The van der Waals surface area contributed by atoms with Gasteiger partial charge in [0, 0.05) is 31.9 Å². The maximum atomic E-state index is 11.5. The second-order valence-electron chi connectivity index (χ2n) is 3.35. The molecule has 1 aromatic heterocycles. The molecule has 3 rings (SSSR count). The highest BCUT2D eigenvalue weighted by Crippen LogP contribution is 2.18. The molecule has 0 spiro atoms. The number of aromatic nitrogens is 2. The molecule has 2 aliphatic heterocycles. The lowest BCUT2D eigenvalue weighted by molar-refractivity contribution is 0.702. The van der Waals surface area contributed by atoms with Crippen LogP contribution in [0.4, 0.5) is 5.95 Å². The van der Waals surface area contributed by atoms with Crippen LogP contribution in [0.5, 0.6) is 0 Å². The van der Waals surface area contributed by atoms with Crippen molar-refractivity contribution < 1.29 is 0 Å². The second-order valence-corrected chi connectivity index (χ2v) is 3.35. The summed E-state index contributed by atoms with van der Waals surface area (Å²) in [5.41, 5.74) is 1.87. The predicted octanol–water partition coefficient (Wildman–Crippen LogP) is -0.728. The molecule has 5 heteroatoms. The first-order valence-corrected chi connectivity index (χ1v) is 4.43. The van der Waals surface area contributed by atoms with Crippen LogP contribution in [0, 0.1) is 0 Å². The van der Waals surface area contributed by atoms with Gasteiger partial charge in [-0.3, -0.25) is 4.79 Å². The molecule has 0 radical (unpaired) electrons. The average Bonchev–Trinajstić information content (AvgIpc) is 2.66. The molecule has 0 aliphatic carbocycles. The Morgan fingerprint density at radius 2 is 2.31 bits per heavy atom. The van der Waals surface area contributed by atoms with Gasteiger partial charge < -0.3 is 15.2 Å². The summed E-state index contributed by atoms with van der Waals surface area (Å²) in [6.07, 6.45) is 0. The molecule has 0 saturated carbocycles. The highest BCUT2D eigenvalue weighted by Gasteiger charge is 2.22. The summed E-state index contributed by atoms with van der Waals surface area (Å²) in [7, 11) is 0. The molecule has 0 atom stereocenters. The lowest BCUT2D eigenvalue weighted by Crippen LogP contribution is -2.18. The van der Waals surface area contributed by atoms with E-state index in [1.54, 1.807) is 0 Å². The van der Waals surface area contributed by atoms with E-state index < -0.39 is 0 Å². The zero-order valence-corrected chi connectivity index (χ0v) is 7.13. The molecule has 0 amide bonds. The van der Waals surface area contributed by atoms with Crippen molar-refractivity contribution in [2.45, 2.75) is 19.6 Å². The van der Waals surface area contributed by atoms with Crippen LogP contribution in [0.2, 0.25) is 0 Å². The van der Waals surface area contributed by atoms with Crippen molar-refractivity contribution >= 4 is 5.95 Å². The normalized spacial score (nSPS) is 18.2. The fourth-order valence-electron chi connectivity index (χ4n) is 1.98. The molecule has 0 saturated heterocycles. The quantitative estimate of drug-likeness (QED) is 0.550. The molecule has 1 aromatic rings. The molecule has 13 heavy (non-hydrogen) atoms. The minimum absolute atomic E-state index is 0.0827. The van der Waals surface area contributed by atoms with E-state index in [0.29, 0.717) is 6.54 Å². The average molecular weight is 178 g/mol. The van der Waals surface area contributed by atoms with Crippen molar-refractivity contribution in [3.05, 3.63) is 21.6 Å². The fraction of sp³-hybridized carbons (Fsp3) is 0.500. The molecular weight excluding hydrogens is 168 g/mol. The van der Waals surface area contributed by atoms with Crippen LogP contribution in [0.1, 0.15) is 11.3 Å². The van der Waals surface area contributed by atoms with Crippen molar-refractivity contribution in [2.75, 3.05) is 11.9 Å². The maximum Gasteiger partial charge on any atom is 0.279 e. The molecule has 2 aliphatic rings. The lowest BCUT2D eigenvalue weighted by atomic mass is 10.2. The summed E-state index contributed by atoms with van der Waals surface area (Å²) in [5, 5.41) is 6.26. The van der Waals surface area contributed by atoms with Gasteiger partial charge in [-0.25, -0.2) is 0 Å². The zero-order chi connectivity index (χ0) is 8.84. The van der Waals surface area contributed by atoms with Gasteiger partial charge in [0.2, 0.25) is 5.95 Å². The van der Waals surface area contributed by atoms with Gasteiger partial charge in [-0.15, -0.1) is 0 Å². The molecule has 0 aromatic carbocycles. The van der Waals surface area contributed by atoms with Crippen molar-refractivity contribution in [1.82, 2.24) is 14.9 Å². The van der Waals surface area contributed by atoms with Gasteiger partial charge in [-0.05, 0) is 0 Å². The first-order valence-electron chi connectivity index (χ1n) is 4.43. The summed E-state index contributed by atoms with van der Waals surface area (Å²) in [5.74, 6) is 0.729. The Bertz CT molecular complexity index is 423. The lowest BCUT2D eigenvalue weighted by Gasteiger charge is -2.06. The minimum Gasteiger partial charge on any atom is -0.354 e. The van der Waals surface area contributed by atoms with Crippen molar-refractivity contribution in [3.8, 4) is 0 Å². The van der Waals surface area contributed by atoms with Gasteiger partial charge in [0.1, 0.15) is 0 Å². The molecule has 0 bridgehead atoms. The van der Waals surface area contributed by atoms with E-state index in [9.17, 15) is 4.79 Å². The van der Waals surface area contributed by atoms with Gasteiger partial charge in [0.15, 0.2) is 0 Å². The minimum atomic E-state index is -0.0827. The highest BCUT2D eigenvalue weighted by atomic mass is 16.1. The van der Waals surface area contributed by atoms with Crippen LogP contribution in [-0.4, -0.2) is 16.1 Å². The van der Waals surface area contributed by atoms with E-state index >= 15 is 0 Å². The number of nitrogens with one attached hydrogen (secondary N) is 2. The monoisotopic (exact) mass is 178 g/mol. The number of nitrogens with zero attached hydrogens (tertiary/aromatic N) is 2. The molecule has 5 nitrogen and oxygen atoms in total. The molecule has 2 N–H and O–H groups in total. The van der Waals surface area contributed by atoms with Gasteiger partial charge in [0.05, 0.1) is 5.56 Å². The van der Waals surface area contributed by atoms with E-state index in [1.807, 2.05) is 0 Å². The molecule has 0 fully saturated rings. The number of hydrogen-bond acceptors (Lipinski definition) is 4. The van der Waals surface area contributed by atoms with E-state index in [4.69, 9.17) is 0 Å². The Balaban J connectivity index is 2.34. The second kappa shape index (κ2) is 2.32. The standard InChI is InChI=1S/C8H10N4O/c13-7-5-3-9-4-6(5)12-2-1-10-8(12)11-7/h9H,1-4H2,(H,10,11,13). The summed E-state index contributed by atoms with van der Waals surface area (Å²) in [6, 6.07) is 0. The summed E-state index contributed by atoms with van der Waals surface area (Å²) in [4.78, 5) is 15.4. The molecule has 68 valence electrons. The van der Waals surface area contributed by atoms with E-state index in [1.165, 1.54) is 0 Å². The van der Waals surface area contributed by atoms with Crippen LogP contribution < -0.4 is 16.2 Å². The Morgan fingerprint density at radius 3 is 3.23 bits per heavy atom. The van der Waals surface area contributed by atoms with Crippen LogP contribution >= 0.6 is 0 Å². The number of hydrogen-bond donors (Lipinski definition) is 2. The fourth-order valence-corrected chi connectivity index (χ4v) is 1.98. The van der Waals surface area contributed by atoms with Crippen LogP contribution in [-0.2, 0) is 19.6 Å². The van der Waals surface area contributed by atoms with Crippen LogP contribution in [0.25, 0.3) is 0 Å². The number of fused-ring (bicyclic) bond motifs is 3. The van der Waals surface area contributed by atoms with Crippen molar-refractivity contribution in [3.63, 3.8) is 0 Å². The molecule has 0 unspecified atom stereocenters. The first kappa shape index (κ1) is 7.08. The molecule has 3 heterocycles. The number of rotatable bonds is 0. The Labute approximate surface area is 74.8 Å². The van der Waals surface area contributed by atoms with Crippen LogP contribution in [0.15, 0.2) is 4.79 Å². The summed E-state index contributed by atoms with van der Waals surface area (Å²) in [6.45, 7) is 3.26. The van der Waals surface area contributed by atoms with E-state index in [0.717, 1.165) is 36.8 Å². The Morgan fingerprint density at radius 1 is 1.38 bits per heavy atom. The third-order valence-corrected chi connectivity index (χ3v) is 2.61. The third-order valence-electron chi connectivity index (χ3n) is 2.61. The smallest absolute Gasteiger partial charge is 0.279 e. The summed E-state index contributed by atoms with van der Waals surface area (Å²) >= 11 is 0. The SMILES string of the molecule is O=c1nc2n(c3c1CNC3)CCN2. The third kappa shape index (κ3) is 0.846. The molecular formula is C8H10N4O. The largest absolute Gasteiger partial charge is 0.354 e. The van der Waals surface area contributed by atoms with Crippen molar-refractivity contribution in [1.29, 1.82) is 0 Å². The van der Waals surface area contributed by atoms with Gasteiger partial charge in [-0.2, -0.15) is 4.98 Å². The maximum absolute atomic E-state index is 11.5. The topological polar surface area (TPSA) is 59.0 Å². The van der Waals surface area contributed by atoms with Gasteiger partial charge in [0.25, 0.3) is 5.56 Å². The zero-order valence-electron chi connectivity index (χ0n) is 7.13. The van der Waals surface area contributed by atoms with Crippen molar-refractivity contribution in [2.24, 2.45) is 0 Å². The van der Waals surface area contributed by atoms with E-state index in [-0.39, 0.29) is 5.56 Å². The number of anilines is 1. The first-order chi connectivity index (χ1) is 6.36. The predicted molar refractivity (Wildman–Crippen MR) is 47.5 cm³/mol. The van der Waals surface area contributed by atoms with Gasteiger partial charge in [-0.1, -0.05) is 0 Å². The van der Waals surface area contributed by atoms with Gasteiger partial charge >= 0.3 is 0 Å². The van der Waals surface area contributed by atoms with E-state index in [2.05, 4.69) is 20.2 Å².